The molecule has 3 rings (SSSR count). The SMILES string of the molecule is C=C(C)C(=O)OCCCc1cc(-c2ccc(OC(=O)C3CCC(CCCCC)CC3)cc2)ccc1OCC(COC(=O)CC#N)(COC(=O)CC#N)COC(=O)C(=C)C. The van der Waals surface area contributed by atoms with Crippen LogP contribution in [0, 0.1) is 39.9 Å². The smallest absolute Gasteiger partial charge is 0.333 e. The average molecular weight is 813 g/mol. The maximum absolute atomic E-state index is 13.0. The molecule has 0 spiro atoms. The number of nitrogens with zero attached hydrogens (tertiary/aromatic N) is 2. The summed E-state index contributed by atoms with van der Waals surface area (Å²) in [4.78, 5) is 62.1. The summed E-state index contributed by atoms with van der Waals surface area (Å²) in [6, 6.07) is 16.1. The van der Waals surface area contributed by atoms with Gasteiger partial charge in [-0.25, -0.2) is 9.59 Å². The van der Waals surface area contributed by atoms with E-state index in [9.17, 15) is 24.0 Å². The highest BCUT2D eigenvalue weighted by atomic mass is 16.6. The Morgan fingerprint density at radius 2 is 1.31 bits per heavy atom. The maximum Gasteiger partial charge on any atom is 0.333 e. The van der Waals surface area contributed by atoms with Crippen molar-refractivity contribution in [3.63, 3.8) is 0 Å². The van der Waals surface area contributed by atoms with E-state index >= 15 is 0 Å². The summed E-state index contributed by atoms with van der Waals surface area (Å²) in [6.45, 7) is 10.8. The van der Waals surface area contributed by atoms with Crippen molar-refractivity contribution in [1.29, 1.82) is 10.5 Å². The van der Waals surface area contributed by atoms with Crippen LogP contribution in [-0.4, -0.2) is 62.9 Å². The molecule has 1 fully saturated rings. The van der Waals surface area contributed by atoms with Crippen molar-refractivity contribution in [2.45, 2.75) is 97.8 Å². The van der Waals surface area contributed by atoms with Crippen molar-refractivity contribution >= 4 is 29.8 Å². The quantitative estimate of drug-likeness (QED) is 0.0325. The minimum atomic E-state index is -1.48. The van der Waals surface area contributed by atoms with Gasteiger partial charge in [0.15, 0.2) is 0 Å². The second-order valence-corrected chi connectivity index (χ2v) is 15.1. The van der Waals surface area contributed by atoms with Crippen molar-refractivity contribution in [2.75, 3.05) is 33.0 Å². The molecule has 2 aromatic carbocycles. The molecule has 0 atom stereocenters. The van der Waals surface area contributed by atoms with E-state index in [1.165, 1.54) is 32.6 Å². The summed E-state index contributed by atoms with van der Waals surface area (Å²) in [5, 5.41) is 18.0. The van der Waals surface area contributed by atoms with Crippen LogP contribution in [0.3, 0.4) is 0 Å². The van der Waals surface area contributed by atoms with E-state index in [0.717, 1.165) is 36.8 Å². The number of esters is 5. The number of benzene rings is 2. The molecule has 2 aromatic rings. The number of carbonyl (C=O) groups is 5. The Labute approximate surface area is 347 Å². The number of nitriles is 2. The largest absolute Gasteiger partial charge is 0.492 e. The number of ether oxygens (including phenoxy) is 6. The van der Waals surface area contributed by atoms with Crippen LogP contribution in [0.4, 0.5) is 0 Å². The van der Waals surface area contributed by atoms with Gasteiger partial charge in [0.2, 0.25) is 0 Å². The molecule has 0 unspecified atom stereocenters. The zero-order valence-corrected chi connectivity index (χ0v) is 34.5. The predicted octanol–water partition coefficient (Wildman–Crippen LogP) is 8.10. The van der Waals surface area contributed by atoms with E-state index in [4.69, 9.17) is 38.9 Å². The van der Waals surface area contributed by atoms with E-state index in [0.29, 0.717) is 35.8 Å². The molecule has 0 aliphatic heterocycles. The van der Waals surface area contributed by atoms with Crippen molar-refractivity contribution < 1.29 is 52.4 Å². The zero-order chi connectivity index (χ0) is 43.2. The number of rotatable bonds is 24. The third-order valence-electron chi connectivity index (χ3n) is 9.95. The van der Waals surface area contributed by atoms with Crippen LogP contribution in [0.15, 0.2) is 66.8 Å². The molecule has 0 saturated heterocycles. The number of aryl methyl sites for hydroxylation is 1. The molecule has 1 aliphatic carbocycles. The molecule has 0 N–H and O–H groups in total. The molecule has 1 aliphatic rings. The van der Waals surface area contributed by atoms with Gasteiger partial charge in [0, 0.05) is 11.1 Å². The van der Waals surface area contributed by atoms with Gasteiger partial charge in [-0.05, 0) is 99.2 Å². The monoisotopic (exact) mass is 812 g/mol. The lowest BCUT2D eigenvalue weighted by molar-refractivity contribution is -0.162. The van der Waals surface area contributed by atoms with Crippen molar-refractivity contribution in [3.8, 4) is 34.8 Å². The Bertz CT molecular complexity index is 1830. The van der Waals surface area contributed by atoms with E-state index in [1.807, 2.05) is 24.3 Å². The summed E-state index contributed by atoms with van der Waals surface area (Å²) in [7, 11) is 0. The number of unbranched alkanes of at least 4 members (excludes halogenated alkanes) is 2. The molecule has 1 saturated carbocycles. The lowest BCUT2D eigenvalue weighted by Gasteiger charge is -2.32. The first-order valence-corrected chi connectivity index (χ1v) is 20.1. The minimum Gasteiger partial charge on any atom is -0.492 e. The molecule has 0 amide bonds. The fraction of sp³-hybridized carbons (Fsp3) is 0.500. The first kappa shape index (κ1) is 47.4. The van der Waals surface area contributed by atoms with E-state index in [1.54, 1.807) is 37.3 Å². The van der Waals surface area contributed by atoms with Crippen LogP contribution in [0.1, 0.15) is 97.0 Å². The summed E-state index contributed by atoms with van der Waals surface area (Å²) >= 11 is 0. The normalized spacial score (nSPS) is 14.7. The highest BCUT2D eigenvalue weighted by molar-refractivity contribution is 5.87. The first-order valence-electron chi connectivity index (χ1n) is 20.1. The van der Waals surface area contributed by atoms with Crippen LogP contribution in [0.25, 0.3) is 11.1 Å². The molecule has 0 aromatic heterocycles. The predicted molar refractivity (Wildman–Crippen MR) is 217 cm³/mol. The maximum atomic E-state index is 13.0. The van der Waals surface area contributed by atoms with E-state index < -0.39 is 62.0 Å². The van der Waals surface area contributed by atoms with E-state index in [2.05, 4.69) is 20.1 Å². The highest BCUT2D eigenvalue weighted by Crippen LogP contribution is 2.34. The third kappa shape index (κ3) is 16.4. The minimum absolute atomic E-state index is 0.0922. The second kappa shape index (κ2) is 24.7. The highest BCUT2D eigenvalue weighted by Gasteiger charge is 2.38. The Morgan fingerprint density at radius 1 is 0.729 bits per heavy atom. The van der Waals surface area contributed by atoms with Crippen molar-refractivity contribution in [3.05, 3.63) is 72.3 Å². The molecule has 316 valence electrons. The van der Waals surface area contributed by atoms with E-state index in [-0.39, 0.29) is 36.2 Å². The van der Waals surface area contributed by atoms with Gasteiger partial charge < -0.3 is 28.4 Å². The number of hydrogen-bond acceptors (Lipinski definition) is 13. The average Bonchev–Trinajstić information content (AvgIpc) is 3.22. The lowest BCUT2D eigenvalue weighted by Crippen LogP contribution is -2.44. The van der Waals surface area contributed by atoms with Gasteiger partial charge in [0.25, 0.3) is 0 Å². The topological polar surface area (TPSA) is 188 Å². The third-order valence-corrected chi connectivity index (χ3v) is 9.95. The standard InChI is InChI=1S/C46H56N2O11/c1-6-7-8-10-34-12-14-36(15-13-34)45(53)59-39-19-16-35(17-20-39)37-18-21-40(38(27-37)11-9-26-54-43(51)32(2)3)55-28-46(29-56-41(49)22-24-47,30-57-42(50)23-25-48)31-58-44(52)33(4)5/h16-21,27,34,36H,2,4,6-15,22-23,26,28-31H2,1,3,5H3. The van der Waals surface area contributed by atoms with Crippen molar-refractivity contribution in [2.24, 2.45) is 17.3 Å². The Morgan fingerprint density at radius 3 is 1.88 bits per heavy atom. The van der Waals surface area contributed by atoms with Crippen LogP contribution in [-0.2, 0) is 49.3 Å². The van der Waals surface area contributed by atoms with Gasteiger partial charge in [0.1, 0.15) is 56.2 Å². The number of hydrogen-bond donors (Lipinski definition) is 0. The molecular weight excluding hydrogens is 757 g/mol. The first-order chi connectivity index (χ1) is 28.3. The second-order valence-electron chi connectivity index (χ2n) is 15.1. The summed E-state index contributed by atoms with van der Waals surface area (Å²) in [5.74, 6) is -1.77. The lowest BCUT2D eigenvalue weighted by atomic mass is 9.80. The molecule has 13 nitrogen and oxygen atoms in total. The van der Waals surface area contributed by atoms with Crippen molar-refractivity contribution in [1.82, 2.24) is 0 Å². The zero-order valence-electron chi connectivity index (χ0n) is 34.5. The molecule has 0 radical (unpaired) electrons. The Hall–Kier alpha value is -5.95. The van der Waals surface area contributed by atoms with Gasteiger partial charge in [0.05, 0.1) is 24.7 Å². The van der Waals surface area contributed by atoms with Crippen LogP contribution < -0.4 is 9.47 Å². The fourth-order valence-electron chi connectivity index (χ4n) is 6.45. The van der Waals surface area contributed by atoms with Gasteiger partial charge >= 0.3 is 29.8 Å². The molecular formula is C46H56N2O11. The van der Waals surface area contributed by atoms with Crippen LogP contribution in [0.5, 0.6) is 11.5 Å². The summed E-state index contributed by atoms with van der Waals surface area (Å²) < 4.78 is 33.6. The molecule has 59 heavy (non-hydrogen) atoms. The van der Waals surface area contributed by atoms with Crippen LogP contribution in [0.2, 0.25) is 0 Å². The number of carbonyl (C=O) groups excluding carboxylic acids is 5. The van der Waals surface area contributed by atoms with Gasteiger partial charge in [-0.3, -0.25) is 14.4 Å². The summed E-state index contributed by atoms with van der Waals surface area (Å²) in [6.07, 6.45) is 8.40. The van der Waals surface area contributed by atoms with Gasteiger partial charge in [-0.1, -0.05) is 64.0 Å². The Kier molecular flexibility index (Phi) is 19.9. The summed E-state index contributed by atoms with van der Waals surface area (Å²) in [5.41, 5.74) is 1.22. The molecule has 13 heteroatoms. The molecule has 0 heterocycles. The molecule has 0 bridgehead atoms. The fourth-order valence-corrected chi connectivity index (χ4v) is 6.45. The van der Waals surface area contributed by atoms with Gasteiger partial charge in [-0.2, -0.15) is 10.5 Å². The Balaban J connectivity index is 1.86. The van der Waals surface area contributed by atoms with Gasteiger partial charge in [-0.15, -0.1) is 0 Å². The van der Waals surface area contributed by atoms with Crippen LogP contribution >= 0.6 is 0 Å².